The molecule has 31 heavy (non-hydrogen) atoms. The van der Waals surface area contributed by atoms with Gasteiger partial charge in [-0.05, 0) is 36.4 Å². The number of rotatable bonds is 3. The lowest BCUT2D eigenvalue weighted by atomic mass is 9.37. The molecular formula is C24H15BN6. The predicted octanol–water partition coefficient (Wildman–Crippen LogP) is 2.03. The second-order valence-electron chi connectivity index (χ2n) is 7.35. The molecule has 0 saturated carbocycles. The van der Waals surface area contributed by atoms with Crippen LogP contribution in [0.3, 0.4) is 0 Å². The highest BCUT2D eigenvalue weighted by atomic mass is 14.8. The standard InChI is InChI=1S/C24H15BN6/c1-4-19-22(29-10-7-26-19)13-16(1)25(17-2-5-20-23(14-17)30-11-8-27-20)18-3-6-21-24(15-18)31-12-9-28-21/h1-15H. The summed E-state index contributed by atoms with van der Waals surface area (Å²) in [5, 5.41) is 0. The Morgan fingerprint density at radius 1 is 0.355 bits per heavy atom. The molecule has 0 saturated heterocycles. The summed E-state index contributed by atoms with van der Waals surface area (Å²) < 4.78 is 0. The molecular weight excluding hydrogens is 383 g/mol. The van der Waals surface area contributed by atoms with Crippen molar-refractivity contribution in [1.29, 1.82) is 0 Å². The van der Waals surface area contributed by atoms with Gasteiger partial charge in [0.2, 0.25) is 6.71 Å². The number of benzene rings is 3. The normalized spacial score (nSPS) is 11.2. The van der Waals surface area contributed by atoms with E-state index in [0.717, 1.165) is 49.5 Å². The van der Waals surface area contributed by atoms with Gasteiger partial charge in [0.05, 0.1) is 33.1 Å². The Bertz CT molecular complexity index is 1380. The van der Waals surface area contributed by atoms with Gasteiger partial charge in [0.25, 0.3) is 0 Å². The van der Waals surface area contributed by atoms with Crippen LogP contribution in [0.25, 0.3) is 33.1 Å². The fraction of sp³-hybridized carbons (Fsp3) is 0. The minimum Gasteiger partial charge on any atom is -0.253 e. The van der Waals surface area contributed by atoms with Crippen LogP contribution in [0.2, 0.25) is 0 Å². The molecule has 0 aliphatic heterocycles. The van der Waals surface area contributed by atoms with E-state index in [1.165, 1.54) is 0 Å². The summed E-state index contributed by atoms with van der Waals surface area (Å²) in [4.78, 5) is 26.7. The predicted molar refractivity (Wildman–Crippen MR) is 123 cm³/mol. The summed E-state index contributed by atoms with van der Waals surface area (Å²) in [5.74, 6) is 0. The maximum absolute atomic E-state index is 4.50. The van der Waals surface area contributed by atoms with Gasteiger partial charge in [0.15, 0.2) is 0 Å². The lowest BCUT2D eigenvalue weighted by Gasteiger charge is -2.17. The SMILES string of the molecule is c1cnc2cc(B(c3ccc4nccnc4c3)c3ccc4nccnc4c3)ccc2n1. The van der Waals surface area contributed by atoms with Crippen LogP contribution < -0.4 is 16.4 Å². The average Bonchev–Trinajstić information content (AvgIpc) is 2.84. The molecule has 0 unspecified atom stereocenters. The van der Waals surface area contributed by atoms with E-state index in [-0.39, 0.29) is 6.71 Å². The Balaban J connectivity index is 1.59. The number of hydrogen-bond donors (Lipinski definition) is 0. The van der Waals surface area contributed by atoms with E-state index in [2.05, 4.69) is 66.3 Å². The lowest BCUT2D eigenvalue weighted by molar-refractivity contribution is 1.29. The first-order valence-electron chi connectivity index (χ1n) is 9.97. The molecule has 0 radical (unpaired) electrons. The minimum absolute atomic E-state index is 0.0239. The molecule has 3 heterocycles. The average molecular weight is 398 g/mol. The molecule has 0 amide bonds. The van der Waals surface area contributed by atoms with Crippen molar-refractivity contribution in [3.8, 4) is 0 Å². The van der Waals surface area contributed by atoms with Gasteiger partial charge in [-0.25, -0.2) is 0 Å². The van der Waals surface area contributed by atoms with Crippen LogP contribution in [0.5, 0.6) is 0 Å². The number of nitrogens with zero attached hydrogens (tertiary/aromatic N) is 6. The number of hydrogen-bond acceptors (Lipinski definition) is 6. The third-order valence-electron chi connectivity index (χ3n) is 5.48. The van der Waals surface area contributed by atoms with Crippen LogP contribution in [-0.2, 0) is 0 Å². The van der Waals surface area contributed by atoms with Gasteiger partial charge in [-0.2, -0.15) is 0 Å². The molecule has 3 aromatic heterocycles. The largest absolute Gasteiger partial charge is 0.253 e. The Morgan fingerprint density at radius 2 is 0.645 bits per heavy atom. The lowest BCUT2D eigenvalue weighted by Crippen LogP contribution is -2.52. The maximum Gasteiger partial charge on any atom is 0.241 e. The monoisotopic (exact) mass is 398 g/mol. The number of aromatic nitrogens is 6. The van der Waals surface area contributed by atoms with Crippen LogP contribution in [0, 0.1) is 0 Å². The molecule has 7 heteroatoms. The summed E-state index contributed by atoms with van der Waals surface area (Å²) in [7, 11) is 0. The van der Waals surface area contributed by atoms with Crippen molar-refractivity contribution in [3.63, 3.8) is 0 Å². The molecule has 6 aromatic rings. The summed E-state index contributed by atoms with van der Waals surface area (Å²) in [5.41, 5.74) is 8.60. The smallest absolute Gasteiger partial charge is 0.241 e. The van der Waals surface area contributed by atoms with Gasteiger partial charge in [-0.1, -0.05) is 34.6 Å². The van der Waals surface area contributed by atoms with Crippen LogP contribution in [0.15, 0.2) is 91.8 Å². The first-order valence-corrected chi connectivity index (χ1v) is 9.97. The zero-order chi connectivity index (χ0) is 20.6. The van der Waals surface area contributed by atoms with E-state index in [9.17, 15) is 0 Å². The second kappa shape index (κ2) is 7.21. The Kier molecular flexibility index (Phi) is 4.09. The molecule has 0 fully saturated rings. The fourth-order valence-electron chi connectivity index (χ4n) is 4.06. The molecule has 0 atom stereocenters. The third kappa shape index (κ3) is 3.16. The highest BCUT2D eigenvalue weighted by Gasteiger charge is 2.23. The minimum atomic E-state index is -0.0239. The second-order valence-corrected chi connectivity index (χ2v) is 7.35. The molecule has 0 N–H and O–H groups in total. The van der Waals surface area contributed by atoms with E-state index in [4.69, 9.17) is 0 Å². The van der Waals surface area contributed by atoms with Crippen molar-refractivity contribution in [2.45, 2.75) is 0 Å². The Morgan fingerprint density at radius 3 is 0.968 bits per heavy atom. The summed E-state index contributed by atoms with van der Waals surface area (Å²) >= 11 is 0. The van der Waals surface area contributed by atoms with Gasteiger partial charge in [0, 0.05) is 37.2 Å². The van der Waals surface area contributed by atoms with Crippen LogP contribution in [0.1, 0.15) is 0 Å². The van der Waals surface area contributed by atoms with E-state index in [1.54, 1.807) is 37.2 Å². The van der Waals surface area contributed by atoms with Gasteiger partial charge in [-0.3, -0.25) is 29.9 Å². The first-order chi connectivity index (χ1) is 15.3. The van der Waals surface area contributed by atoms with Crippen LogP contribution in [-0.4, -0.2) is 36.6 Å². The Labute approximate surface area is 178 Å². The van der Waals surface area contributed by atoms with E-state index < -0.39 is 0 Å². The van der Waals surface area contributed by atoms with Gasteiger partial charge in [-0.15, -0.1) is 0 Å². The zero-order valence-corrected chi connectivity index (χ0v) is 16.4. The Hall–Kier alpha value is -4.26. The molecule has 6 nitrogen and oxygen atoms in total. The topological polar surface area (TPSA) is 77.3 Å². The van der Waals surface area contributed by atoms with Crippen LogP contribution in [0.4, 0.5) is 0 Å². The van der Waals surface area contributed by atoms with Crippen molar-refractivity contribution >= 4 is 56.2 Å². The van der Waals surface area contributed by atoms with Gasteiger partial charge >= 0.3 is 0 Å². The first kappa shape index (κ1) is 17.6. The quantitative estimate of drug-likeness (QED) is 0.425. The van der Waals surface area contributed by atoms with Crippen molar-refractivity contribution in [3.05, 3.63) is 91.8 Å². The molecule has 0 aliphatic carbocycles. The van der Waals surface area contributed by atoms with Crippen molar-refractivity contribution in [2.24, 2.45) is 0 Å². The maximum atomic E-state index is 4.50. The molecule has 0 bridgehead atoms. The fourth-order valence-corrected chi connectivity index (χ4v) is 4.06. The molecule has 3 aromatic carbocycles. The molecule has 0 aliphatic rings. The summed E-state index contributed by atoms with van der Waals surface area (Å²) in [6.45, 7) is -0.0239. The van der Waals surface area contributed by atoms with E-state index in [0.29, 0.717) is 0 Å². The summed E-state index contributed by atoms with van der Waals surface area (Å²) in [6, 6.07) is 18.7. The van der Waals surface area contributed by atoms with Gasteiger partial charge in [0.1, 0.15) is 0 Å². The number of fused-ring (bicyclic) bond motifs is 3. The zero-order valence-electron chi connectivity index (χ0n) is 16.4. The van der Waals surface area contributed by atoms with E-state index in [1.807, 2.05) is 18.2 Å². The molecule has 6 rings (SSSR count). The summed E-state index contributed by atoms with van der Waals surface area (Å²) in [6.07, 6.45) is 10.3. The molecule has 0 spiro atoms. The van der Waals surface area contributed by atoms with Crippen molar-refractivity contribution in [2.75, 3.05) is 0 Å². The molecule has 144 valence electrons. The highest BCUT2D eigenvalue weighted by molar-refractivity contribution is 6.95. The van der Waals surface area contributed by atoms with Crippen molar-refractivity contribution < 1.29 is 0 Å². The van der Waals surface area contributed by atoms with Crippen molar-refractivity contribution in [1.82, 2.24) is 29.9 Å². The van der Waals surface area contributed by atoms with E-state index >= 15 is 0 Å². The van der Waals surface area contributed by atoms with Crippen LogP contribution >= 0.6 is 0 Å². The highest BCUT2D eigenvalue weighted by Crippen LogP contribution is 2.11. The third-order valence-corrected chi connectivity index (χ3v) is 5.48. The van der Waals surface area contributed by atoms with Gasteiger partial charge < -0.3 is 0 Å².